The number of furan rings is 1. The second kappa shape index (κ2) is 11.9. The van der Waals surface area contributed by atoms with E-state index in [1.807, 2.05) is 40.0 Å². The maximum atomic E-state index is 11.7. The van der Waals surface area contributed by atoms with Gasteiger partial charge in [-0.3, -0.25) is 9.48 Å². The van der Waals surface area contributed by atoms with Crippen LogP contribution in [0.25, 0.3) is 43.6 Å². The van der Waals surface area contributed by atoms with Crippen molar-refractivity contribution in [1.82, 2.24) is 24.6 Å². The zero-order chi connectivity index (χ0) is 30.9. The minimum Gasteiger partial charge on any atom is -0.475 e. The number of likely N-dealkylation sites (tertiary alicyclic amines) is 1. The number of piperidine rings is 1. The molecule has 4 N–H and O–H groups in total. The van der Waals surface area contributed by atoms with Crippen LogP contribution in [-0.2, 0) is 9.59 Å². The van der Waals surface area contributed by atoms with Crippen molar-refractivity contribution in [2.24, 2.45) is 0 Å². The fourth-order valence-corrected chi connectivity index (χ4v) is 5.95. The van der Waals surface area contributed by atoms with E-state index in [0.29, 0.717) is 11.4 Å². The van der Waals surface area contributed by atoms with Crippen molar-refractivity contribution >= 4 is 55.3 Å². The summed E-state index contributed by atoms with van der Waals surface area (Å²) in [5.41, 5.74) is 10.6. The number of nitrogens with two attached hydrogens (primary N) is 1. The third-order valence-electron chi connectivity index (χ3n) is 7.04. The fourth-order valence-electron chi connectivity index (χ4n) is 4.90. The summed E-state index contributed by atoms with van der Waals surface area (Å²) >= 11 is 1.61. The summed E-state index contributed by atoms with van der Waals surface area (Å²) in [5, 5.41) is 16.9. The molecule has 11 nitrogen and oxygen atoms in total. The molecule has 1 aliphatic rings. The third-order valence-corrected chi connectivity index (χ3v) is 8.10. The Morgan fingerprint density at radius 3 is 2.58 bits per heavy atom. The van der Waals surface area contributed by atoms with Gasteiger partial charge >= 0.3 is 12.1 Å². The summed E-state index contributed by atoms with van der Waals surface area (Å²) in [6.45, 7) is 6.01. The number of carbonyl (C=O) groups is 2. The predicted molar refractivity (Wildman–Crippen MR) is 157 cm³/mol. The van der Waals surface area contributed by atoms with Gasteiger partial charge in [0, 0.05) is 61.0 Å². The van der Waals surface area contributed by atoms with E-state index >= 15 is 0 Å². The highest BCUT2D eigenvalue weighted by atomic mass is 32.1. The second-order valence-corrected chi connectivity index (χ2v) is 10.9. The van der Waals surface area contributed by atoms with Gasteiger partial charge in [-0.1, -0.05) is 17.4 Å². The molecule has 1 aromatic carbocycles. The largest absolute Gasteiger partial charge is 0.490 e. The van der Waals surface area contributed by atoms with Crippen LogP contribution in [0.4, 0.5) is 24.1 Å². The molecule has 1 amide bonds. The highest BCUT2D eigenvalue weighted by molar-refractivity contribution is 7.22. The van der Waals surface area contributed by atoms with Crippen LogP contribution in [0.3, 0.4) is 0 Å². The Hall–Kier alpha value is -4.66. The summed E-state index contributed by atoms with van der Waals surface area (Å²) in [6.07, 6.45) is 2.40. The number of aromatic nitrogens is 4. The number of fused-ring (bicyclic) bond motifs is 2. The number of aliphatic carboxylic acids is 1. The Morgan fingerprint density at radius 1 is 1.21 bits per heavy atom. The predicted octanol–water partition coefficient (Wildman–Crippen LogP) is 5.80. The number of thiazole rings is 1. The monoisotopic (exact) mass is 615 g/mol. The Bertz CT molecular complexity index is 1790. The lowest BCUT2D eigenvalue weighted by Gasteiger charge is -2.31. The molecule has 0 bridgehead atoms. The number of amides is 1. The van der Waals surface area contributed by atoms with Gasteiger partial charge in [-0.2, -0.15) is 18.3 Å². The molecule has 43 heavy (non-hydrogen) atoms. The standard InChI is InChI=1S/C26H27N7O2S.C2HF3O2/c1-3-28-26-31-21-6-4-5-18(24(21)36-26)22-11-19-20(13-29-25(27)23(19)35-22)16-12-30-33(14-16)17-7-9-32(10-8-17)15(2)34;3-2(4,5)1(6)7/h4-6,11-14,17H,3,7-10H2,1-2H3,(H2,27,29)(H,28,31);(H,6,7). The number of hydrogen-bond acceptors (Lipinski definition) is 9. The molecule has 0 aliphatic carbocycles. The fraction of sp³-hybridized carbons (Fsp3) is 0.321. The van der Waals surface area contributed by atoms with Gasteiger partial charge in [0.25, 0.3) is 0 Å². The lowest BCUT2D eigenvalue weighted by atomic mass is 10.0. The zero-order valence-corrected chi connectivity index (χ0v) is 24.0. The summed E-state index contributed by atoms with van der Waals surface area (Å²) in [4.78, 5) is 31.6. The Balaban J connectivity index is 0.000000472. The minimum atomic E-state index is -5.08. The quantitative estimate of drug-likeness (QED) is 0.223. The SMILES string of the molecule is CCNc1nc2cccc(-c3cc4c(-c5cnn(C6CCN(C(C)=O)CC6)c5)cnc(N)c4o3)c2s1.O=C(O)C(F)(F)F. The molecule has 226 valence electrons. The van der Waals surface area contributed by atoms with E-state index in [0.717, 1.165) is 75.7 Å². The van der Waals surface area contributed by atoms with Crippen molar-refractivity contribution in [3.63, 3.8) is 0 Å². The molecule has 1 fully saturated rings. The molecule has 0 unspecified atom stereocenters. The Labute approximate surface area is 247 Å². The van der Waals surface area contributed by atoms with Gasteiger partial charge in [-0.15, -0.1) is 0 Å². The number of nitrogens with one attached hydrogen (secondary N) is 1. The summed E-state index contributed by atoms with van der Waals surface area (Å²) in [6, 6.07) is 8.34. The molecule has 4 aromatic heterocycles. The molecule has 0 spiro atoms. The molecule has 1 aliphatic heterocycles. The number of nitrogen functional groups attached to an aromatic ring is 1. The van der Waals surface area contributed by atoms with Gasteiger partial charge in [0.05, 0.1) is 22.5 Å². The van der Waals surface area contributed by atoms with Gasteiger partial charge in [-0.05, 0) is 38.0 Å². The lowest BCUT2D eigenvalue weighted by Crippen LogP contribution is -2.37. The molecule has 0 saturated carbocycles. The molecule has 5 heterocycles. The first-order valence-corrected chi connectivity index (χ1v) is 14.2. The van der Waals surface area contributed by atoms with Crippen LogP contribution in [0, 0.1) is 0 Å². The maximum Gasteiger partial charge on any atom is 0.490 e. The van der Waals surface area contributed by atoms with Crippen LogP contribution in [0.1, 0.15) is 32.7 Å². The first-order valence-electron chi connectivity index (χ1n) is 13.4. The normalized spacial score (nSPS) is 14.1. The Morgan fingerprint density at radius 2 is 1.93 bits per heavy atom. The molecular weight excluding hydrogens is 587 g/mol. The van der Waals surface area contributed by atoms with Crippen LogP contribution in [0.15, 0.2) is 47.3 Å². The summed E-state index contributed by atoms with van der Waals surface area (Å²) in [7, 11) is 0. The number of halogens is 3. The van der Waals surface area contributed by atoms with Crippen molar-refractivity contribution in [3.8, 4) is 22.5 Å². The number of alkyl halides is 3. The average molecular weight is 616 g/mol. The van der Waals surface area contributed by atoms with Gasteiger partial charge in [0.2, 0.25) is 5.91 Å². The van der Waals surface area contributed by atoms with E-state index in [-0.39, 0.29) is 11.9 Å². The maximum absolute atomic E-state index is 11.7. The molecule has 6 rings (SSSR count). The topological polar surface area (TPSA) is 152 Å². The Kier molecular flexibility index (Phi) is 8.26. The van der Waals surface area contributed by atoms with Crippen LogP contribution < -0.4 is 11.1 Å². The molecule has 5 aromatic rings. The van der Waals surface area contributed by atoms with E-state index < -0.39 is 12.1 Å². The highest BCUT2D eigenvalue weighted by Gasteiger charge is 2.38. The summed E-state index contributed by atoms with van der Waals surface area (Å²) in [5.74, 6) is -1.54. The zero-order valence-electron chi connectivity index (χ0n) is 23.2. The smallest absolute Gasteiger partial charge is 0.475 e. The number of carboxylic acids is 1. The molecule has 15 heteroatoms. The number of rotatable bonds is 5. The average Bonchev–Trinajstić information content (AvgIpc) is 3.72. The third kappa shape index (κ3) is 6.26. The van der Waals surface area contributed by atoms with Gasteiger partial charge in [0.15, 0.2) is 16.5 Å². The molecular formula is C28H28F3N7O4S. The van der Waals surface area contributed by atoms with E-state index in [4.69, 9.17) is 20.1 Å². The number of pyridine rings is 1. The molecule has 1 saturated heterocycles. The van der Waals surface area contributed by atoms with Crippen LogP contribution in [0.5, 0.6) is 0 Å². The van der Waals surface area contributed by atoms with E-state index in [2.05, 4.69) is 33.5 Å². The number of carboxylic acid groups (broad SMARTS) is 1. The van der Waals surface area contributed by atoms with Gasteiger partial charge in [-0.25, -0.2) is 14.8 Å². The van der Waals surface area contributed by atoms with Crippen molar-refractivity contribution in [1.29, 1.82) is 0 Å². The van der Waals surface area contributed by atoms with Crippen LogP contribution in [0.2, 0.25) is 0 Å². The van der Waals surface area contributed by atoms with Crippen LogP contribution in [-0.4, -0.2) is 67.4 Å². The van der Waals surface area contributed by atoms with E-state index in [1.165, 1.54) is 0 Å². The highest BCUT2D eigenvalue weighted by Crippen LogP contribution is 2.41. The van der Waals surface area contributed by atoms with E-state index in [9.17, 15) is 18.0 Å². The minimum absolute atomic E-state index is 0.132. The van der Waals surface area contributed by atoms with Crippen molar-refractivity contribution in [2.75, 3.05) is 30.7 Å². The second-order valence-electron chi connectivity index (χ2n) is 9.86. The van der Waals surface area contributed by atoms with Crippen LogP contribution >= 0.6 is 11.3 Å². The van der Waals surface area contributed by atoms with E-state index in [1.54, 1.807) is 24.5 Å². The molecule has 0 radical (unpaired) electrons. The summed E-state index contributed by atoms with van der Waals surface area (Å²) < 4.78 is 41.1. The number of nitrogens with zero attached hydrogens (tertiary/aromatic N) is 5. The van der Waals surface area contributed by atoms with Gasteiger partial charge in [0.1, 0.15) is 5.76 Å². The first kappa shape index (κ1) is 29.8. The van der Waals surface area contributed by atoms with Crippen molar-refractivity contribution in [3.05, 3.63) is 42.9 Å². The molecule has 0 atom stereocenters. The number of carbonyl (C=O) groups excluding carboxylic acids is 1. The van der Waals surface area contributed by atoms with Gasteiger partial charge < -0.3 is 25.5 Å². The number of anilines is 2. The van der Waals surface area contributed by atoms with Crippen molar-refractivity contribution in [2.45, 2.75) is 38.9 Å². The lowest BCUT2D eigenvalue weighted by molar-refractivity contribution is -0.192. The number of hydrogen-bond donors (Lipinski definition) is 3. The van der Waals surface area contributed by atoms with Crippen molar-refractivity contribution < 1.29 is 32.3 Å². The first-order chi connectivity index (χ1) is 20.5. The number of benzene rings is 1.